The van der Waals surface area contributed by atoms with E-state index in [1.165, 1.54) is 0 Å². The number of hydrogen-bond donors (Lipinski definition) is 0. The molecule has 2 nitrogen and oxygen atoms in total. The molecule has 10 aromatic rings. The molecule has 0 atom stereocenters. The Hall–Kier alpha value is -6.64. The summed E-state index contributed by atoms with van der Waals surface area (Å²) < 4.78 is 69.4. The van der Waals surface area contributed by atoms with Crippen molar-refractivity contribution in [3.8, 4) is 22.3 Å². The third kappa shape index (κ3) is 4.50. The molecule has 1 aromatic heterocycles. The Balaban J connectivity index is 1.32. The van der Waals surface area contributed by atoms with Gasteiger partial charge in [0.1, 0.15) is 11.2 Å². The third-order valence-electron chi connectivity index (χ3n) is 9.54. The summed E-state index contributed by atoms with van der Waals surface area (Å²) in [5.74, 6) is 0. The number of furan rings is 1. The maximum Gasteiger partial charge on any atom is 0.143 e. The van der Waals surface area contributed by atoms with Crippen LogP contribution in [0.25, 0.3) is 76.5 Å². The molecule has 0 N–H and O–H groups in total. The molecule has 0 unspecified atom stereocenters. The second kappa shape index (κ2) is 11.5. The Morgan fingerprint density at radius 1 is 0.440 bits per heavy atom. The smallest absolute Gasteiger partial charge is 0.143 e. The molecule has 0 saturated carbocycles. The van der Waals surface area contributed by atoms with Gasteiger partial charge in [0.25, 0.3) is 0 Å². The second-order valence-corrected chi connectivity index (χ2v) is 12.3. The molecule has 2 heteroatoms. The van der Waals surface area contributed by atoms with Gasteiger partial charge in [0, 0.05) is 32.8 Å². The molecule has 0 saturated heterocycles. The fourth-order valence-electron chi connectivity index (χ4n) is 7.32. The zero-order chi connectivity index (χ0) is 39.1. The SMILES string of the molecule is [2H]c1c([2H])c([2H])c2c(N(c3cccc(-c4cccc5ccccc45)c3)c3ccccc3-c3cccc4oc5c6ccccc6ccc5c34)c([2H])c([2H])c([2H])c2c1[2H]. The molecule has 1 heterocycles. The van der Waals surface area contributed by atoms with E-state index in [2.05, 4.69) is 48.5 Å². The maximum absolute atomic E-state index is 9.51. The lowest BCUT2D eigenvalue weighted by atomic mass is 9.95. The number of benzene rings is 9. The molecule has 234 valence electrons. The molecule has 50 heavy (non-hydrogen) atoms. The molecule has 9 aromatic carbocycles. The number of nitrogens with zero attached hydrogens (tertiary/aromatic N) is 1. The molecule has 0 spiro atoms. The van der Waals surface area contributed by atoms with E-state index in [0.29, 0.717) is 17.0 Å². The largest absolute Gasteiger partial charge is 0.455 e. The van der Waals surface area contributed by atoms with Gasteiger partial charge in [-0.15, -0.1) is 0 Å². The van der Waals surface area contributed by atoms with E-state index in [0.717, 1.165) is 60.2 Å². The van der Waals surface area contributed by atoms with Crippen LogP contribution in [-0.4, -0.2) is 0 Å². The van der Waals surface area contributed by atoms with Gasteiger partial charge < -0.3 is 9.32 Å². The van der Waals surface area contributed by atoms with Crippen LogP contribution in [0.2, 0.25) is 0 Å². The Kier molecular flexibility index (Phi) is 5.08. The van der Waals surface area contributed by atoms with Crippen molar-refractivity contribution in [1.29, 1.82) is 0 Å². The fraction of sp³-hybridized carbons (Fsp3) is 0. The average Bonchev–Trinajstić information content (AvgIpc) is 3.65. The number of hydrogen-bond acceptors (Lipinski definition) is 2. The van der Waals surface area contributed by atoms with Gasteiger partial charge in [-0.3, -0.25) is 0 Å². The number of rotatable bonds is 5. The molecule has 0 aliphatic heterocycles. The normalized spacial score (nSPS) is 13.6. The highest BCUT2D eigenvalue weighted by Gasteiger charge is 2.22. The Morgan fingerprint density at radius 2 is 1.14 bits per heavy atom. The first-order valence-corrected chi connectivity index (χ1v) is 16.5. The van der Waals surface area contributed by atoms with Crippen LogP contribution in [0.4, 0.5) is 17.1 Å². The molecular formula is C48H31NO. The van der Waals surface area contributed by atoms with Gasteiger partial charge in [-0.1, -0.05) is 152 Å². The van der Waals surface area contributed by atoms with Gasteiger partial charge in [-0.25, -0.2) is 0 Å². The molecule has 10 rings (SSSR count). The number of fused-ring (bicyclic) bond motifs is 7. The van der Waals surface area contributed by atoms with Crippen molar-refractivity contribution in [2.45, 2.75) is 0 Å². The summed E-state index contributed by atoms with van der Waals surface area (Å²) in [6.45, 7) is 0. The van der Waals surface area contributed by atoms with Crippen LogP contribution in [0.1, 0.15) is 9.60 Å². The summed E-state index contributed by atoms with van der Waals surface area (Å²) in [4.78, 5) is 1.82. The maximum atomic E-state index is 9.51. The third-order valence-corrected chi connectivity index (χ3v) is 9.54. The highest BCUT2D eigenvalue weighted by Crippen LogP contribution is 2.47. The molecule has 0 radical (unpaired) electrons. The Morgan fingerprint density at radius 3 is 2.08 bits per heavy atom. The van der Waals surface area contributed by atoms with Gasteiger partial charge >= 0.3 is 0 Å². The minimum Gasteiger partial charge on any atom is -0.455 e. The van der Waals surface area contributed by atoms with Crippen molar-refractivity contribution < 1.29 is 14.0 Å². The van der Waals surface area contributed by atoms with E-state index >= 15 is 0 Å². The van der Waals surface area contributed by atoms with Crippen LogP contribution in [0.5, 0.6) is 0 Å². The molecule has 0 fully saturated rings. The number of para-hydroxylation sites is 1. The quantitative estimate of drug-likeness (QED) is 0.185. The monoisotopic (exact) mass is 644 g/mol. The van der Waals surface area contributed by atoms with E-state index in [1.807, 2.05) is 102 Å². The lowest BCUT2D eigenvalue weighted by molar-refractivity contribution is 0.673. The minimum absolute atomic E-state index is 0.00388. The Bertz CT molecular complexity index is 3290. The first-order valence-electron chi connectivity index (χ1n) is 20.0. The topological polar surface area (TPSA) is 16.4 Å². The molecule has 0 aliphatic rings. The van der Waals surface area contributed by atoms with Crippen molar-refractivity contribution in [3.05, 3.63) is 188 Å². The first-order chi connectivity index (χ1) is 27.7. The van der Waals surface area contributed by atoms with Crippen molar-refractivity contribution in [2.75, 3.05) is 4.90 Å². The van der Waals surface area contributed by atoms with Crippen LogP contribution in [0, 0.1) is 0 Å². The lowest BCUT2D eigenvalue weighted by Gasteiger charge is -2.29. The van der Waals surface area contributed by atoms with Crippen molar-refractivity contribution in [1.82, 2.24) is 0 Å². The van der Waals surface area contributed by atoms with Crippen LogP contribution < -0.4 is 4.90 Å². The zero-order valence-electron chi connectivity index (χ0n) is 33.7. The van der Waals surface area contributed by atoms with Crippen LogP contribution >= 0.6 is 0 Å². The van der Waals surface area contributed by atoms with E-state index < -0.39 is 30.2 Å². The van der Waals surface area contributed by atoms with E-state index in [4.69, 9.17) is 11.3 Å². The van der Waals surface area contributed by atoms with Crippen LogP contribution in [-0.2, 0) is 0 Å². The molecular weight excluding hydrogens is 607 g/mol. The van der Waals surface area contributed by atoms with E-state index in [9.17, 15) is 2.74 Å². The van der Waals surface area contributed by atoms with Gasteiger partial charge in [-0.2, -0.15) is 0 Å². The fourth-order valence-corrected chi connectivity index (χ4v) is 7.32. The van der Waals surface area contributed by atoms with Crippen molar-refractivity contribution in [2.24, 2.45) is 0 Å². The van der Waals surface area contributed by atoms with Gasteiger partial charge in [-0.05, 0) is 74.6 Å². The summed E-state index contributed by atoms with van der Waals surface area (Å²) in [5, 5.41) is 5.92. The minimum atomic E-state index is -0.500. The number of anilines is 3. The van der Waals surface area contributed by atoms with Crippen LogP contribution in [0.3, 0.4) is 0 Å². The highest BCUT2D eigenvalue weighted by molar-refractivity contribution is 6.20. The van der Waals surface area contributed by atoms with Crippen molar-refractivity contribution in [3.63, 3.8) is 0 Å². The summed E-state index contributed by atoms with van der Waals surface area (Å²) in [6.07, 6.45) is 0. The summed E-state index contributed by atoms with van der Waals surface area (Å²) in [5.41, 5.74) is 6.26. The molecule has 0 aliphatic carbocycles. The van der Waals surface area contributed by atoms with Crippen molar-refractivity contribution >= 4 is 71.3 Å². The van der Waals surface area contributed by atoms with Gasteiger partial charge in [0.2, 0.25) is 0 Å². The van der Waals surface area contributed by atoms with E-state index in [-0.39, 0.29) is 28.5 Å². The highest BCUT2D eigenvalue weighted by atomic mass is 16.3. The predicted molar refractivity (Wildman–Crippen MR) is 212 cm³/mol. The Labute approximate surface area is 299 Å². The summed E-state index contributed by atoms with van der Waals surface area (Å²) >= 11 is 0. The average molecular weight is 645 g/mol. The zero-order valence-corrected chi connectivity index (χ0v) is 26.7. The standard InChI is InChI=1S/C48H31NO/c1-4-20-37-32(13-1)16-10-24-38(37)35-18-9-19-36(31-35)49(44-27-11-17-33-14-2-5-21-39(33)44)45-26-8-7-23-41(45)42-25-12-28-46-47(42)43-30-29-34-15-3-6-22-40(34)48(43)50-46/h1-31H/i2D,5D,11D,14D,17D,21D,27D. The summed E-state index contributed by atoms with van der Waals surface area (Å²) in [7, 11) is 0. The van der Waals surface area contributed by atoms with Gasteiger partial charge in [0.05, 0.1) is 21.0 Å². The predicted octanol–water partition coefficient (Wildman–Crippen LogP) is 13.8. The summed E-state index contributed by atoms with van der Waals surface area (Å²) in [6, 6.07) is 45.1. The first kappa shape index (κ1) is 22.1. The molecule has 0 amide bonds. The lowest BCUT2D eigenvalue weighted by Crippen LogP contribution is -2.12. The molecule has 0 bridgehead atoms. The second-order valence-electron chi connectivity index (χ2n) is 12.3. The van der Waals surface area contributed by atoms with Gasteiger partial charge in [0.15, 0.2) is 0 Å². The van der Waals surface area contributed by atoms with Crippen LogP contribution in [0.15, 0.2) is 192 Å². The van der Waals surface area contributed by atoms with E-state index in [1.54, 1.807) is 0 Å².